The van der Waals surface area contributed by atoms with Gasteiger partial charge in [0.1, 0.15) is 11.3 Å². The molecule has 3 rings (SSSR count). The predicted molar refractivity (Wildman–Crippen MR) is 100 cm³/mol. The number of aryl methyl sites for hydroxylation is 1. The largest absolute Gasteiger partial charge is 0.497 e. The van der Waals surface area contributed by atoms with Gasteiger partial charge in [0, 0.05) is 5.02 Å². The maximum atomic E-state index is 12.8. The number of benzene rings is 2. The fourth-order valence-corrected chi connectivity index (χ4v) is 3.28. The van der Waals surface area contributed by atoms with Crippen LogP contribution in [0.1, 0.15) is 24.5 Å². The molecule has 0 aromatic heterocycles. The number of amides is 3. The van der Waals surface area contributed by atoms with E-state index in [-0.39, 0.29) is 18.5 Å². The van der Waals surface area contributed by atoms with E-state index in [1.54, 1.807) is 32.2 Å². The number of carbonyl (C=O) groups is 2. The van der Waals surface area contributed by atoms with E-state index in [4.69, 9.17) is 16.3 Å². The zero-order valence-corrected chi connectivity index (χ0v) is 15.5. The Morgan fingerprint density at radius 2 is 1.85 bits per heavy atom. The molecule has 1 aliphatic rings. The highest BCUT2D eigenvalue weighted by atomic mass is 35.5. The van der Waals surface area contributed by atoms with Gasteiger partial charge in [0.25, 0.3) is 5.91 Å². The molecule has 1 heterocycles. The van der Waals surface area contributed by atoms with Crippen molar-refractivity contribution in [3.63, 3.8) is 0 Å². The second kappa shape index (κ2) is 7.38. The summed E-state index contributed by atoms with van der Waals surface area (Å²) in [6.45, 7) is 1.98. The number of hydrogen-bond donors (Lipinski definition) is 1. The van der Waals surface area contributed by atoms with Gasteiger partial charge in [-0.05, 0) is 55.2 Å². The summed E-state index contributed by atoms with van der Waals surface area (Å²) in [5.41, 5.74) is 0.998. The standard InChI is InChI=1S/C20H21ClN2O3/c1-20(11-10-14-6-8-17(26-2)9-7-14)18(24)23(19(25)22-20)13-15-4-3-5-16(21)12-15/h3-9,12H,10-11,13H2,1-2H3,(H,22,25)/t20-/m1/s1. The number of halogens is 1. The Morgan fingerprint density at radius 3 is 2.50 bits per heavy atom. The van der Waals surface area contributed by atoms with Crippen LogP contribution < -0.4 is 10.1 Å². The summed E-state index contributed by atoms with van der Waals surface area (Å²) in [7, 11) is 1.62. The molecule has 0 spiro atoms. The quantitative estimate of drug-likeness (QED) is 0.785. The average molecular weight is 373 g/mol. The number of nitrogens with one attached hydrogen (secondary N) is 1. The van der Waals surface area contributed by atoms with Crippen molar-refractivity contribution in [1.29, 1.82) is 0 Å². The normalized spacial score (nSPS) is 19.6. The molecule has 0 aliphatic carbocycles. The molecular weight excluding hydrogens is 352 g/mol. The minimum Gasteiger partial charge on any atom is -0.497 e. The van der Waals surface area contributed by atoms with Crippen LogP contribution >= 0.6 is 11.6 Å². The molecular formula is C20H21ClN2O3. The Balaban J connectivity index is 1.67. The highest BCUT2D eigenvalue weighted by molar-refractivity contribution is 6.30. The first-order valence-electron chi connectivity index (χ1n) is 8.43. The molecule has 1 atom stereocenters. The minimum absolute atomic E-state index is 0.212. The van der Waals surface area contributed by atoms with Crippen molar-refractivity contribution in [2.45, 2.75) is 31.8 Å². The van der Waals surface area contributed by atoms with Crippen LogP contribution in [0.25, 0.3) is 0 Å². The highest BCUT2D eigenvalue weighted by Crippen LogP contribution is 2.26. The van der Waals surface area contributed by atoms with Gasteiger partial charge in [0.2, 0.25) is 0 Å². The lowest BCUT2D eigenvalue weighted by atomic mass is 9.93. The van der Waals surface area contributed by atoms with Gasteiger partial charge < -0.3 is 10.1 Å². The number of hydrogen-bond acceptors (Lipinski definition) is 3. The third kappa shape index (κ3) is 3.83. The molecule has 1 aliphatic heterocycles. The van der Waals surface area contributed by atoms with Crippen molar-refractivity contribution < 1.29 is 14.3 Å². The van der Waals surface area contributed by atoms with Gasteiger partial charge in [0.05, 0.1) is 13.7 Å². The number of rotatable bonds is 6. The molecule has 1 N–H and O–H groups in total. The van der Waals surface area contributed by atoms with E-state index in [2.05, 4.69) is 5.32 Å². The Bertz CT molecular complexity index is 822. The van der Waals surface area contributed by atoms with Crippen molar-refractivity contribution in [2.75, 3.05) is 7.11 Å². The van der Waals surface area contributed by atoms with Crippen molar-refractivity contribution in [3.8, 4) is 5.75 Å². The summed E-state index contributed by atoms with van der Waals surface area (Å²) in [6, 6.07) is 14.5. The molecule has 0 saturated carbocycles. The van der Waals surface area contributed by atoms with Gasteiger partial charge in [-0.15, -0.1) is 0 Å². The van der Waals surface area contributed by atoms with Crippen LogP contribution in [0, 0.1) is 0 Å². The first-order valence-corrected chi connectivity index (χ1v) is 8.80. The molecule has 0 radical (unpaired) electrons. The van der Waals surface area contributed by atoms with Crippen molar-refractivity contribution >= 4 is 23.5 Å². The summed E-state index contributed by atoms with van der Waals surface area (Å²) < 4.78 is 5.15. The monoisotopic (exact) mass is 372 g/mol. The van der Waals surface area contributed by atoms with Crippen LogP contribution in [0.15, 0.2) is 48.5 Å². The van der Waals surface area contributed by atoms with E-state index in [1.807, 2.05) is 30.3 Å². The SMILES string of the molecule is COc1ccc(CC[C@@]2(C)NC(=O)N(Cc3cccc(Cl)c3)C2=O)cc1. The first-order chi connectivity index (χ1) is 12.4. The van der Waals surface area contributed by atoms with Gasteiger partial charge in [-0.25, -0.2) is 4.79 Å². The lowest BCUT2D eigenvalue weighted by Crippen LogP contribution is -2.44. The molecule has 0 unspecified atom stereocenters. The minimum atomic E-state index is -0.907. The van der Waals surface area contributed by atoms with Crippen molar-refractivity contribution in [1.82, 2.24) is 10.2 Å². The topological polar surface area (TPSA) is 58.6 Å². The van der Waals surface area contributed by atoms with Gasteiger partial charge in [-0.1, -0.05) is 35.9 Å². The van der Waals surface area contributed by atoms with E-state index in [1.165, 1.54) is 4.90 Å². The third-order valence-electron chi connectivity index (χ3n) is 4.65. The summed E-state index contributed by atoms with van der Waals surface area (Å²) in [4.78, 5) is 26.4. The van der Waals surface area contributed by atoms with E-state index in [0.717, 1.165) is 16.9 Å². The molecule has 3 amide bonds. The van der Waals surface area contributed by atoms with Crippen LogP contribution in [-0.2, 0) is 17.8 Å². The van der Waals surface area contributed by atoms with Crippen LogP contribution in [0.3, 0.4) is 0 Å². The molecule has 1 saturated heterocycles. The average Bonchev–Trinajstić information content (AvgIpc) is 2.84. The van der Waals surface area contributed by atoms with E-state index < -0.39 is 5.54 Å². The molecule has 0 bridgehead atoms. The van der Waals surface area contributed by atoms with Crippen LogP contribution in [0.5, 0.6) is 5.75 Å². The Labute approximate surface area is 157 Å². The fraction of sp³-hybridized carbons (Fsp3) is 0.300. The molecule has 6 heteroatoms. The van der Waals surface area contributed by atoms with Crippen LogP contribution in [-0.4, -0.2) is 29.5 Å². The zero-order chi connectivity index (χ0) is 18.7. The van der Waals surface area contributed by atoms with Crippen molar-refractivity contribution in [3.05, 3.63) is 64.7 Å². The molecule has 1 fully saturated rings. The number of carbonyl (C=O) groups excluding carboxylic acids is 2. The number of nitrogens with zero attached hydrogens (tertiary/aromatic N) is 1. The number of imide groups is 1. The lowest BCUT2D eigenvalue weighted by Gasteiger charge is -2.21. The molecule has 136 valence electrons. The van der Waals surface area contributed by atoms with E-state index in [9.17, 15) is 9.59 Å². The van der Waals surface area contributed by atoms with Gasteiger partial charge in [-0.3, -0.25) is 9.69 Å². The highest BCUT2D eigenvalue weighted by Gasteiger charge is 2.47. The lowest BCUT2D eigenvalue weighted by molar-refractivity contribution is -0.131. The molecule has 2 aromatic rings. The van der Waals surface area contributed by atoms with Crippen LogP contribution in [0.4, 0.5) is 4.79 Å². The summed E-state index contributed by atoms with van der Waals surface area (Å²) >= 11 is 5.99. The molecule has 26 heavy (non-hydrogen) atoms. The van der Waals surface area contributed by atoms with Gasteiger partial charge in [-0.2, -0.15) is 0 Å². The Hall–Kier alpha value is -2.53. The van der Waals surface area contributed by atoms with Gasteiger partial charge in [0.15, 0.2) is 0 Å². The summed E-state index contributed by atoms with van der Waals surface area (Å²) in [5, 5.41) is 3.42. The van der Waals surface area contributed by atoms with Gasteiger partial charge >= 0.3 is 6.03 Å². The summed E-state index contributed by atoms with van der Waals surface area (Å²) in [5.74, 6) is 0.578. The first kappa shape index (κ1) is 18.3. The third-order valence-corrected chi connectivity index (χ3v) is 4.88. The second-order valence-corrected chi connectivity index (χ2v) is 7.07. The number of ether oxygens (including phenoxy) is 1. The predicted octanol–water partition coefficient (Wildman–Crippen LogP) is 3.79. The van der Waals surface area contributed by atoms with Crippen molar-refractivity contribution in [2.24, 2.45) is 0 Å². The number of methoxy groups -OCH3 is 1. The van der Waals surface area contributed by atoms with Crippen LogP contribution in [0.2, 0.25) is 5.02 Å². The molecule has 5 nitrogen and oxygen atoms in total. The smallest absolute Gasteiger partial charge is 0.325 e. The Morgan fingerprint density at radius 1 is 1.12 bits per heavy atom. The zero-order valence-electron chi connectivity index (χ0n) is 14.8. The maximum absolute atomic E-state index is 12.8. The second-order valence-electron chi connectivity index (χ2n) is 6.63. The fourth-order valence-electron chi connectivity index (χ4n) is 3.06. The van der Waals surface area contributed by atoms with E-state index >= 15 is 0 Å². The Kier molecular flexibility index (Phi) is 5.18. The summed E-state index contributed by atoms with van der Waals surface area (Å²) in [6.07, 6.45) is 1.20. The molecule has 2 aromatic carbocycles. The number of urea groups is 1. The maximum Gasteiger partial charge on any atom is 0.325 e. The van der Waals surface area contributed by atoms with E-state index in [0.29, 0.717) is 17.9 Å².